The number of aromatic nitrogens is 1. The van der Waals surface area contributed by atoms with Crippen LogP contribution in [-0.4, -0.2) is 43.9 Å². The average molecular weight is 320 g/mol. The van der Waals surface area contributed by atoms with Crippen LogP contribution in [-0.2, 0) is 9.84 Å². The summed E-state index contributed by atoms with van der Waals surface area (Å²) in [6.07, 6.45) is 0. The van der Waals surface area contributed by atoms with E-state index < -0.39 is 9.84 Å². The second-order valence-corrected chi connectivity index (χ2v) is 6.95. The smallest absolute Gasteiger partial charge is 0.251 e. The van der Waals surface area contributed by atoms with Gasteiger partial charge in [0.15, 0.2) is 9.84 Å². The third kappa shape index (κ3) is 5.34. The van der Waals surface area contributed by atoms with Crippen molar-refractivity contribution in [1.29, 1.82) is 0 Å². The predicted octanol–water partition coefficient (Wildman–Crippen LogP) is 1.33. The van der Waals surface area contributed by atoms with Gasteiger partial charge in [0, 0.05) is 24.4 Å². The molecule has 6 nitrogen and oxygen atoms in total. The second kappa shape index (κ2) is 7.44. The highest BCUT2D eigenvalue weighted by atomic mass is 35.5. The molecule has 0 saturated carbocycles. The summed E-state index contributed by atoms with van der Waals surface area (Å²) in [6, 6.07) is 3.01. The number of rotatable bonds is 7. The first-order valence-corrected chi connectivity index (χ1v) is 8.48. The van der Waals surface area contributed by atoms with Crippen molar-refractivity contribution in [3.8, 4) is 0 Å². The molecule has 0 aromatic carbocycles. The number of sulfone groups is 1. The van der Waals surface area contributed by atoms with E-state index in [2.05, 4.69) is 15.6 Å². The number of amides is 1. The van der Waals surface area contributed by atoms with E-state index in [0.29, 0.717) is 17.9 Å². The molecule has 0 aliphatic rings. The van der Waals surface area contributed by atoms with Crippen molar-refractivity contribution in [2.75, 3.05) is 29.9 Å². The van der Waals surface area contributed by atoms with E-state index in [-0.39, 0.29) is 29.1 Å². The van der Waals surface area contributed by atoms with Gasteiger partial charge in [-0.15, -0.1) is 0 Å². The van der Waals surface area contributed by atoms with Gasteiger partial charge in [0.1, 0.15) is 11.0 Å². The molecule has 112 valence electrons. The fraction of sp³-hybridized carbons (Fsp3) is 0.500. The Morgan fingerprint density at radius 1 is 1.35 bits per heavy atom. The normalized spacial score (nSPS) is 11.2. The van der Waals surface area contributed by atoms with Crippen LogP contribution in [0.15, 0.2) is 12.1 Å². The molecule has 0 radical (unpaired) electrons. The standard InChI is InChI=1S/C12H18ClN3O3S/c1-3-14-11-8-9(7-10(13)16-11)12(17)15-5-6-20(18,19)4-2/h7-8H,3-6H2,1-2H3,(H,14,16)(H,15,17). The molecular formula is C12H18ClN3O3S. The minimum Gasteiger partial charge on any atom is -0.370 e. The van der Waals surface area contributed by atoms with Crippen molar-refractivity contribution < 1.29 is 13.2 Å². The first kappa shape index (κ1) is 16.7. The minimum absolute atomic E-state index is 0.0640. The van der Waals surface area contributed by atoms with Crippen LogP contribution in [0.5, 0.6) is 0 Å². The molecular weight excluding hydrogens is 302 g/mol. The summed E-state index contributed by atoms with van der Waals surface area (Å²) in [5.41, 5.74) is 0.342. The maximum absolute atomic E-state index is 11.9. The first-order chi connectivity index (χ1) is 9.38. The van der Waals surface area contributed by atoms with E-state index in [9.17, 15) is 13.2 Å². The Balaban J connectivity index is 2.68. The largest absolute Gasteiger partial charge is 0.370 e. The fourth-order valence-corrected chi connectivity index (χ4v) is 2.38. The third-order valence-corrected chi connectivity index (χ3v) is 4.45. The van der Waals surface area contributed by atoms with Crippen molar-refractivity contribution in [1.82, 2.24) is 10.3 Å². The van der Waals surface area contributed by atoms with Gasteiger partial charge in [-0.3, -0.25) is 4.79 Å². The van der Waals surface area contributed by atoms with Crippen molar-refractivity contribution in [2.45, 2.75) is 13.8 Å². The zero-order chi connectivity index (χ0) is 15.2. The number of pyridine rings is 1. The lowest BCUT2D eigenvalue weighted by atomic mass is 10.2. The lowest BCUT2D eigenvalue weighted by Gasteiger charge is -2.08. The van der Waals surface area contributed by atoms with Gasteiger partial charge >= 0.3 is 0 Å². The lowest BCUT2D eigenvalue weighted by molar-refractivity contribution is 0.0956. The predicted molar refractivity (Wildman–Crippen MR) is 80.1 cm³/mol. The maximum Gasteiger partial charge on any atom is 0.251 e. The number of hydrogen-bond donors (Lipinski definition) is 2. The number of carbonyl (C=O) groups is 1. The summed E-state index contributed by atoms with van der Waals surface area (Å²) in [4.78, 5) is 15.9. The molecule has 0 atom stereocenters. The summed E-state index contributed by atoms with van der Waals surface area (Å²) in [5.74, 6) is 0.119. The van der Waals surface area contributed by atoms with E-state index in [1.165, 1.54) is 6.07 Å². The molecule has 0 spiro atoms. The average Bonchev–Trinajstić information content (AvgIpc) is 2.38. The van der Waals surface area contributed by atoms with Crippen LogP contribution < -0.4 is 10.6 Å². The minimum atomic E-state index is -3.09. The Morgan fingerprint density at radius 2 is 2.05 bits per heavy atom. The van der Waals surface area contributed by atoms with E-state index in [1.54, 1.807) is 13.0 Å². The van der Waals surface area contributed by atoms with Gasteiger partial charge < -0.3 is 10.6 Å². The molecule has 0 unspecified atom stereocenters. The lowest BCUT2D eigenvalue weighted by Crippen LogP contribution is -2.29. The SMILES string of the molecule is CCNc1cc(C(=O)NCCS(=O)(=O)CC)cc(Cl)n1. The number of nitrogens with one attached hydrogen (secondary N) is 2. The Hall–Kier alpha value is -1.34. The third-order valence-electron chi connectivity index (χ3n) is 2.55. The molecule has 1 aromatic rings. The molecule has 0 bridgehead atoms. The summed E-state index contributed by atoms with van der Waals surface area (Å²) in [6.45, 7) is 4.20. The molecule has 0 aliphatic heterocycles. The highest BCUT2D eigenvalue weighted by molar-refractivity contribution is 7.91. The molecule has 1 aromatic heterocycles. The van der Waals surface area contributed by atoms with Crippen LogP contribution in [0.4, 0.5) is 5.82 Å². The topological polar surface area (TPSA) is 88.2 Å². The quantitative estimate of drug-likeness (QED) is 0.740. The van der Waals surface area contributed by atoms with Crippen LogP contribution in [0.25, 0.3) is 0 Å². The van der Waals surface area contributed by atoms with Crippen LogP contribution in [0.1, 0.15) is 24.2 Å². The summed E-state index contributed by atoms with van der Waals surface area (Å²) in [5, 5.41) is 5.72. The Bertz CT molecular complexity index is 575. The van der Waals surface area contributed by atoms with Crippen LogP contribution in [0.3, 0.4) is 0 Å². The molecule has 1 amide bonds. The van der Waals surface area contributed by atoms with Crippen molar-refractivity contribution >= 4 is 33.2 Å². The van der Waals surface area contributed by atoms with E-state index in [4.69, 9.17) is 11.6 Å². The number of carbonyl (C=O) groups excluding carboxylic acids is 1. The number of anilines is 1. The molecule has 2 N–H and O–H groups in total. The Kier molecular flexibility index (Phi) is 6.22. The van der Waals surface area contributed by atoms with Gasteiger partial charge in [-0.2, -0.15) is 0 Å². The first-order valence-electron chi connectivity index (χ1n) is 6.28. The van der Waals surface area contributed by atoms with Gasteiger partial charge in [-0.1, -0.05) is 18.5 Å². The van der Waals surface area contributed by atoms with Crippen LogP contribution in [0, 0.1) is 0 Å². The van der Waals surface area contributed by atoms with Crippen molar-refractivity contribution in [2.24, 2.45) is 0 Å². The molecule has 1 heterocycles. The van der Waals surface area contributed by atoms with E-state index in [1.807, 2.05) is 6.92 Å². The maximum atomic E-state index is 11.9. The van der Waals surface area contributed by atoms with Crippen molar-refractivity contribution in [3.63, 3.8) is 0 Å². The molecule has 8 heteroatoms. The van der Waals surface area contributed by atoms with Crippen LogP contribution in [0.2, 0.25) is 5.15 Å². The van der Waals surface area contributed by atoms with Gasteiger partial charge in [-0.05, 0) is 19.1 Å². The van der Waals surface area contributed by atoms with Gasteiger partial charge in [0.05, 0.1) is 5.75 Å². The highest BCUT2D eigenvalue weighted by Crippen LogP contribution is 2.14. The highest BCUT2D eigenvalue weighted by Gasteiger charge is 2.11. The van der Waals surface area contributed by atoms with E-state index >= 15 is 0 Å². The van der Waals surface area contributed by atoms with Gasteiger partial charge in [-0.25, -0.2) is 13.4 Å². The molecule has 0 fully saturated rings. The van der Waals surface area contributed by atoms with E-state index in [0.717, 1.165) is 0 Å². The Morgan fingerprint density at radius 3 is 2.65 bits per heavy atom. The monoisotopic (exact) mass is 319 g/mol. The number of halogens is 1. The summed E-state index contributed by atoms with van der Waals surface area (Å²) in [7, 11) is -3.09. The summed E-state index contributed by atoms with van der Waals surface area (Å²) >= 11 is 5.83. The molecule has 0 aliphatic carbocycles. The van der Waals surface area contributed by atoms with Gasteiger partial charge in [0.2, 0.25) is 0 Å². The second-order valence-electron chi connectivity index (χ2n) is 4.09. The molecule has 1 rings (SSSR count). The summed E-state index contributed by atoms with van der Waals surface area (Å²) < 4.78 is 22.6. The number of nitrogens with zero attached hydrogens (tertiary/aromatic N) is 1. The zero-order valence-corrected chi connectivity index (χ0v) is 13.0. The fourth-order valence-electron chi connectivity index (χ4n) is 1.47. The van der Waals surface area contributed by atoms with Crippen molar-refractivity contribution in [3.05, 3.63) is 22.8 Å². The number of hydrogen-bond acceptors (Lipinski definition) is 5. The molecule has 0 saturated heterocycles. The Labute approximate surface area is 123 Å². The zero-order valence-electron chi connectivity index (χ0n) is 11.4. The van der Waals surface area contributed by atoms with Gasteiger partial charge in [0.25, 0.3) is 5.91 Å². The molecule has 20 heavy (non-hydrogen) atoms. The van der Waals surface area contributed by atoms with Crippen LogP contribution >= 0.6 is 11.6 Å².